The molecule has 0 aliphatic carbocycles. The molecule has 2 aliphatic rings. The highest BCUT2D eigenvalue weighted by atomic mass is 16.7. The Labute approximate surface area is 147 Å². The minimum absolute atomic E-state index is 0.0192. The van der Waals surface area contributed by atoms with Gasteiger partial charge in [-0.15, -0.1) is 0 Å². The van der Waals surface area contributed by atoms with E-state index in [1.165, 1.54) is 0 Å². The predicted molar refractivity (Wildman–Crippen MR) is 92.1 cm³/mol. The van der Waals surface area contributed by atoms with Gasteiger partial charge >= 0.3 is 0 Å². The van der Waals surface area contributed by atoms with E-state index in [1.54, 1.807) is 13.2 Å². The van der Waals surface area contributed by atoms with Gasteiger partial charge in [0.1, 0.15) is 0 Å². The Kier molecular flexibility index (Phi) is 3.96. The van der Waals surface area contributed by atoms with Crippen molar-refractivity contribution in [3.63, 3.8) is 0 Å². The summed E-state index contributed by atoms with van der Waals surface area (Å²) in [5.41, 5.74) is 2.11. The summed E-state index contributed by atoms with van der Waals surface area (Å²) in [6, 6.07) is 11.4. The van der Waals surface area contributed by atoms with Crippen molar-refractivity contribution >= 4 is 0 Å². The minimum atomic E-state index is -0.0556. The van der Waals surface area contributed by atoms with Crippen molar-refractivity contribution in [2.45, 2.75) is 26.1 Å². The second-order valence-corrected chi connectivity index (χ2v) is 6.74. The molecule has 0 unspecified atom stereocenters. The van der Waals surface area contributed by atoms with Gasteiger partial charge in [-0.1, -0.05) is 26.0 Å². The van der Waals surface area contributed by atoms with E-state index in [4.69, 9.17) is 18.9 Å². The SMILES string of the molecule is COc1cc([C@@H]2O[C@@H](c3ccc4c(c3)OCO4)[C@H](C)[C@@H]2C)ccc1O. The Morgan fingerprint density at radius 3 is 2.28 bits per heavy atom. The summed E-state index contributed by atoms with van der Waals surface area (Å²) in [5, 5.41) is 9.82. The van der Waals surface area contributed by atoms with Crippen molar-refractivity contribution in [2.75, 3.05) is 13.9 Å². The van der Waals surface area contributed by atoms with Crippen LogP contribution in [0.3, 0.4) is 0 Å². The number of benzene rings is 2. The first kappa shape index (κ1) is 16.1. The molecule has 1 N–H and O–H groups in total. The molecule has 2 aliphatic heterocycles. The van der Waals surface area contributed by atoms with Crippen LogP contribution in [0.25, 0.3) is 0 Å². The Hall–Kier alpha value is -2.40. The number of phenolic OH excluding ortho intramolecular Hbond substituents is 1. The summed E-state index contributed by atoms with van der Waals surface area (Å²) in [7, 11) is 1.55. The molecule has 0 bridgehead atoms. The van der Waals surface area contributed by atoms with Gasteiger partial charge in [0.05, 0.1) is 19.3 Å². The zero-order valence-electron chi connectivity index (χ0n) is 14.6. The zero-order valence-corrected chi connectivity index (χ0v) is 14.6. The molecule has 0 spiro atoms. The number of rotatable bonds is 3. The standard InChI is InChI=1S/C20H22O5/c1-11-12(2)20(14-5-7-16-18(9-14)24-10-23-16)25-19(11)13-4-6-15(21)17(8-13)22-3/h4-9,11-12,19-21H,10H2,1-3H3/t11-,12+,19+,20+/m0/s1. The quantitative estimate of drug-likeness (QED) is 0.905. The van der Waals surface area contributed by atoms with Gasteiger partial charge in [0.25, 0.3) is 0 Å². The monoisotopic (exact) mass is 342 g/mol. The van der Waals surface area contributed by atoms with Crippen molar-refractivity contribution in [3.8, 4) is 23.0 Å². The number of methoxy groups -OCH3 is 1. The first-order valence-corrected chi connectivity index (χ1v) is 8.50. The fraction of sp³-hybridized carbons (Fsp3) is 0.400. The lowest BCUT2D eigenvalue weighted by Crippen LogP contribution is -2.09. The third-order valence-corrected chi connectivity index (χ3v) is 5.34. The average Bonchev–Trinajstić information content (AvgIpc) is 3.20. The molecule has 0 amide bonds. The summed E-state index contributed by atoms with van der Waals surface area (Å²) < 4.78 is 22.5. The summed E-state index contributed by atoms with van der Waals surface area (Å²) in [6.07, 6.45) is -0.0748. The number of ether oxygens (including phenoxy) is 4. The van der Waals surface area contributed by atoms with Gasteiger partial charge in [-0.05, 0) is 47.2 Å². The van der Waals surface area contributed by atoms with Crippen LogP contribution in [0, 0.1) is 11.8 Å². The van der Waals surface area contributed by atoms with Crippen molar-refractivity contribution in [1.82, 2.24) is 0 Å². The van der Waals surface area contributed by atoms with Gasteiger partial charge in [-0.2, -0.15) is 0 Å². The van der Waals surface area contributed by atoms with Crippen LogP contribution in [0.5, 0.6) is 23.0 Å². The van der Waals surface area contributed by atoms with E-state index < -0.39 is 0 Å². The van der Waals surface area contributed by atoms with Crippen LogP contribution in [-0.4, -0.2) is 19.0 Å². The molecule has 2 aromatic rings. The number of hydrogen-bond donors (Lipinski definition) is 1. The Bertz CT molecular complexity index is 767. The van der Waals surface area contributed by atoms with Crippen LogP contribution >= 0.6 is 0 Å². The molecular formula is C20H22O5. The highest BCUT2D eigenvalue weighted by Gasteiger charge is 2.41. The summed E-state index contributed by atoms with van der Waals surface area (Å²) >= 11 is 0. The maximum Gasteiger partial charge on any atom is 0.231 e. The van der Waals surface area contributed by atoms with Crippen LogP contribution in [0.4, 0.5) is 0 Å². The lowest BCUT2D eigenvalue weighted by molar-refractivity contribution is 0.0288. The van der Waals surface area contributed by atoms with Crippen molar-refractivity contribution in [1.29, 1.82) is 0 Å². The lowest BCUT2D eigenvalue weighted by atomic mass is 9.85. The Morgan fingerprint density at radius 1 is 0.920 bits per heavy atom. The number of aromatic hydroxyl groups is 1. The number of hydrogen-bond acceptors (Lipinski definition) is 5. The summed E-state index contributed by atoms with van der Waals surface area (Å²) in [5.74, 6) is 2.82. The molecule has 5 nitrogen and oxygen atoms in total. The second-order valence-electron chi connectivity index (χ2n) is 6.74. The van der Waals surface area contributed by atoms with Crippen molar-refractivity contribution < 1.29 is 24.1 Å². The number of fused-ring (bicyclic) bond motifs is 1. The normalized spacial score (nSPS) is 27.5. The van der Waals surface area contributed by atoms with E-state index in [0.29, 0.717) is 17.6 Å². The van der Waals surface area contributed by atoms with E-state index in [9.17, 15) is 5.11 Å². The topological polar surface area (TPSA) is 57.2 Å². The number of phenols is 1. The first-order valence-electron chi connectivity index (χ1n) is 8.50. The van der Waals surface area contributed by atoms with E-state index in [-0.39, 0.29) is 24.8 Å². The van der Waals surface area contributed by atoms with E-state index in [2.05, 4.69) is 13.8 Å². The Morgan fingerprint density at radius 2 is 1.56 bits per heavy atom. The molecule has 2 aromatic carbocycles. The van der Waals surface area contributed by atoms with Crippen molar-refractivity contribution in [3.05, 3.63) is 47.5 Å². The van der Waals surface area contributed by atoms with E-state index in [0.717, 1.165) is 22.6 Å². The molecule has 2 heterocycles. The molecule has 1 saturated heterocycles. The fourth-order valence-electron chi connectivity index (χ4n) is 3.68. The third kappa shape index (κ3) is 2.68. The summed E-state index contributed by atoms with van der Waals surface area (Å²) in [6.45, 7) is 4.67. The van der Waals surface area contributed by atoms with Gasteiger partial charge in [-0.3, -0.25) is 0 Å². The Balaban J connectivity index is 1.63. The maximum absolute atomic E-state index is 9.82. The van der Waals surface area contributed by atoms with Gasteiger partial charge in [-0.25, -0.2) is 0 Å². The van der Waals surface area contributed by atoms with Crippen molar-refractivity contribution in [2.24, 2.45) is 11.8 Å². The molecule has 1 fully saturated rings. The molecule has 0 saturated carbocycles. The van der Waals surface area contributed by atoms with Gasteiger partial charge in [0, 0.05) is 0 Å². The second kappa shape index (κ2) is 6.15. The minimum Gasteiger partial charge on any atom is -0.504 e. The highest BCUT2D eigenvalue weighted by molar-refractivity contribution is 5.46. The largest absolute Gasteiger partial charge is 0.504 e. The molecule has 0 radical (unpaired) electrons. The van der Waals surface area contributed by atoms with E-state index >= 15 is 0 Å². The summed E-state index contributed by atoms with van der Waals surface area (Å²) in [4.78, 5) is 0. The molecule has 0 aromatic heterocycles. The smallest absolute Gasteiger partial charge is 0.231 e. The molecule has 4 atom stereocenters. The molecule has 132 valence electrons. The fourth-order valence-corrected chi connectivity index (χ4v) is 3.68. The molecule has 5 heteroatoms. The van der Waals surface area contributed by atoms with Gasteiger partial charge in [0.2, 0.25) is 6.79 Å². The molecular weight excluding hydrogens is 320 g/mol. The van der Waals surface area contributed by atoms with E-state index in [1.807, 2.05) is 30.3 Å². The first-order chi connectivity index (χ1) is 12.1. The highest BCUT2D eigenvalue weighted by Crippen LogP contribution is 2.50. The van der Waals surface area contributed by atoms with Gasteiger partial charge in [0.15, 0.2) is 23.0 Å². The average molecular weight is 342 g/mol. The molecule has 25 heavy (non-hydrogen) atoms. The molecule has 4 rings (SSSR count). The van der Waals surface area contributed by atoms with Crippen LogP contribution in [-0.2, 0) is 4.74 Å². The van der Waals surface area contributed by atoms with Crippen LogP contribution in [0.1, 0.15) is 37.2 Å². The lowest BCUT2D eigenvalue weighted by Gasteiger charge is -2.17. The maximum atomic E-state index is 9.82. The third-order valence-electron chi connectivity index (χ3n) is 5.34. The predicted octanol–water partition coefficient (Wildman–Crippen LogP) is 4.21. The zero-order chi connectivity index (χ0) is 17.6. The van der Waals surface area contributed by atoms with Crippen LogP contribution in [0.15, 0.2) is 36.4 Å². The van der Waals surface area contributed by atoms with Crippen LogP contribution in [0.2, 0.25) is 0 Å². The van der Waals surface area contributed by atoms with Crippen LogP contribution < -0.4 is 14.2 Å². The van der Waals surface area contributed by atoms with Gasteiger partial charge < -0.3 is 24.1 Å².